The standard InChI is InChI=1S/C11H9NOS/c1-8-12-11(13)10(14-8)7-9-5-3-2-4-6-9/h2-7H,1H3. The molecule has 1 aromatic carbocycles. The maximum Gasteiger partial charge on any atom is 0.284 e. The fourth-order valence-corrected chi connectivity index (χ4v) is 1.99. The van der Waals surface area contributed by atoms with E-state index in [0.717, 1.165) is 10.6 Å². The molecule has 1 aromatic rings. The second-order valence-corrected chi connectivity index (χ2v) is 4.19. The van der Waals surface area contributed by atoms with Crippen LogP contribution in [0.2, 0.25) is 0 Å². The summed E-state index contributed by atoms with van der Waals surface area (Å²) in [6.45, 7) is 1.84. The third-order valence-electron chi connectivity index (χ3n) is 1.82. The molecule has 70 valence electrons. The van der Waals surface area contributed by atoms with Gasteiger partial charge in [0.05, 0.1) is 9.95 Å². The lowest BCUT2D eigenvalue weighted by atomic mass is 10.2. The fraction of sp³-hybridized carbons (Fsp3) is 0.0909. The smallest absolute Gasteiger partial charge is 0.266 e. The summed E-state index contributed by atoms with van der Waals surface area (Å²) in [5.41, 5.74) is 1.04. The normalized spacial score (nSPS) is 18.8. The first kappa shape index (κ1) is 9.21. The maximum atomic E-state index is 11.3. The van der Waals surface area contributed by atoms with Gasteiger partial charge in [0.25, 0.3) is 5.91 Å². The van der Waals surface area contributed by atoms with E-state index in [1.165, 1.54) is 11.8 Å². The molecule has 0 bridgehead atoms. The summed E-state index contributed by atoms with van der Waals surface area (Å²) >= 11 is 1.43. The van der Waals surface area contributed by atoms with E-state index >= 15 is 0 Å². The Morgan fingerprint density at radius 1 is 1.29 bits per heavy atom. The Balaban J connectivity index is 2.26. The SMILES string of the molecule is CC1=NC(=O)C(=Cc2ccccc2)S1. The molecule has 1 amide bonds. The number of carbonyl (C=O) groups is 1. The number of nitrogens with zero attached hydrogens (tertiary/aromatic N) is 1. The van der Waals surface area contributed by atoms with Crippen molar-refractivity contribution in [3.63, 3.8) is 0 Å². The topological polar surface area (TPSA) is 29.4 Å². The van der Waals surface area contributed by atoms with Crippen molar-refractivity contribution in [1.29, 1.82) is 0 Å². The van der Waals surface area contributed by atoms with Crippen LogP contribution in [0.1, 0.15) is 12.5 Å². The van der Waals surface area contributed by atoms with Crippen LogP contribution in [0.4, 0.5) is 0 Å². The van der Waals surface area contributed by atoms with E-state index < -0.39 is 0 Å². The molecule has 0 fully saturated rings. The van der Waals surface area contributed by atoms with Gasteiger partial charge in [-0.1, -0.05) is 42.1 Å². The molecular weight excluding hydrogens is 194 g/mol. The molecule has 0 aromatic heterocycles. The van der Waals surface area contributed by atoms with E-state index in [1.54, 1.807) is 0 Å². The molecule has 2 nitrogen and oxygen atoms in total. The Hall–Kier alpha value is -1.35. The van der Waals surface area contributed by atoms with Crippen molar-refractivity contribution in [1.82, 2.24) is 0 Å². The molecule has 0 spiro atoms. The van der Waals surface area contributed by atoms with Gasteiger partial charge in [0, 0.05) is 0 Å². The largest absolute Gasteiger partial charge is 0.284 e. The van der Waals surface area contributed by atoms with Crippen LogP contribution < -0.4 is 0 Å². The Labute approximate surface area is 86.7 Å². The van der Waals surface area contributed by atoms with Gasteiger partial charge in [0.1, 0.15) is 0 Å². The molecule has 1 aliphatic heterocycles. The highest BCUT2D eigenvalue weighted by atomic mass is 32.2. The second-order valence-electron chi connectivity index (χ2n) is 2.96. The molecule has 0 radical (unpaired) electrons. The van der Waals surface area contributed by atoms with Crippen LogP contribution in [-0.2, 0) is 4.79 Å². The molecule has 0 saturated heterocycles. The summed E-state index contributed by atoms with van der Waals surface area (Å²) in [7, 11) is 0. The molecule has 1 heterocycles. The van der Waals surface area contributed by atoms with E-state index in [1.807, 2.05) is 43.3 Å². The summed E-state index contributed by atoms with van der Waals surface area (Å²) in [4.78, 5) is 15.9. The lowest BCUT2D eigenvalue weighted by molar-refractivity contribution is -0.113. The van der Waals surface area contributed by atoms with E-state index in [-0.39, 0.29) is 5.91 Å². The summed E-state index contributed by atoms with van der Waals surface area (Å²) < 4.78 is 0. The molecule has 14 heavy (non-hydrogen) atoms. The highest BCUT2D eigenvalue weighted by Gasteiger charge is 2.17. The molecule has 2 rings (SSSR count). The summed E-state index contributed by atoms with van der Waals surface area (Å²) in [5, 5.41) is 0.817. The number of hydrogen-bond acceptors (Lipinski definition) is 2. The summed E-state index contributed by atoms with van der Waals surface area (Å²) in [6.07, 6.45) is 1.87. The lowest BCUT2D eigenvalue weighted by Gasteiger charge is -1.94. The van der Waals surface area contributed by atoms with Crippen LogP contribution in [0.15, 0.2) is 40.2 Å². The van der Waals surface area contributed by atoms with Crippen LogP contribution in [0.25, 0.3) is 6.08 Å². The number of hydrogen-bond donors (Lipinski definition) is 0. The van der Waals surface area contributed by atoms with Crippen molar-refractivity contribution < 1.29 is 4.79 Å². The van der Waals surface area contributed by atoms with E-state index in [4.69, 9.17) is 0 Å². The summed E-state index contributed by atoms with van der Waals surface area (Å²) in [6, 6.07) is 9.78. The fourth-order valence-electron chi connectivity index (χ4n) is 1.22. The van der Waals surface area contributed by atoms with Gasteiger partial charge in [0.2, 0.25) is 0 Å². The van der Waals surface area contributed by atoms with Crippen molar-refractivity contribution in [2.24, 2.45) is 4.99 Å². The quantitative estimate of drug-likeness (QED) is 0.657. The van der Waals surface area contributed by atoms with E-state index in [9.17, 15) is 4.79 Å². The number of carbonyl (C=O) groups excluding carboxylic acids is 1. The monoisotopic (exact) mass is 203 g/mol. The van der Waals surface area contributed by atoms with Gasteiger partial charge in [-0.25, -0.2) is 4.99 Å². The highest BCUT2D eigenvalue weighted by molar-refractivity contribution is 8.18. The van der Waals surface area contributed by atoms with Gasteiger partial charge in [-0.15, -0.1) is 0 Å². The zero-order valence-corrected chi connectivity index (χ0v) is 8.54. The third-order valence-corrected chi connectivity index (χ3v) is 2.72. The van der Waals surface area contributed by atoms with Gasteiger partial charge < -0.3 is 0 Å². The van der Waals surface area contributed by atoms with Gasteiger partial charge in [-0.3, -0.25) is 4.79 Å². The minimum absolute atomic E-state index is 0.128. The van der Waals surface area contributed by atoms with Crippen molar-refractivity contribution in [3.8, 4) is 0 Å². The molecular formula is C11H9NOS. The van der Waals surface area contributed by atoms with Crippen LogP contribution in [0, 0.1) is 0 Å². The number of benzene rings is 1. The Kier molecular flexibility index (Phi) is 2.50. The predicted octanol–water partition coefficient (Wildman–Crippen LogP) is 2.72. The van der Waals surface area contributed by atoms with Crippen LogP contribution >= 0.6 is 11.8 Å². The van der Waals surface area contributed by atoms with Gasteiger partial charge in [-0.2, -0.15) is 0 Å². The van der Waals surface area contributed by atoms with Crippen LogP contribution in [0.3, 0.4) is 0 Å². The first-order valence-corrected chi connectivity index (χ1v) is 5.11. The summed E-state index contributed by atoms with van der Waals surface area (Å²) in [5.74, 6) is -0.128. The molecule has 0 N–H and O–H groups in total. The molecule has 0 unspecified atom stereocenters. The lowest BCUT2D eigenvalue weighted by Crippen LogP contribution is -1.87. The Morgan fingerprint density at radius 2 is 2.00 bits per heavy atom. The van der Waals surface area contributed by atoms with Gasteiger partial charge in [-0.05, 0) is 18.6 Å². The molecule has 3 heteroatoms. The minimum atomic E-state index is -0.128. The molecule has 0 atom stereocenters. The number of thioether (sulfide) groups is 1. The van der Waals surface area contributed by atoms with Gasteiger partial charge in [0.15, 0.2) is 0 Å². The highest BCUT2D eigenvalue weighted by Crippen LogP contribution is 2.27. The van der Waals surface area contributed by atoms with E-state index in [2.05, 4.69) is 4.99 Å². The number of rotatable bonds is 1. The molecule has 0 aliphatic carbocycles. The molecule has 1 aliphatic rings. The Morgan fingerprint density at radius 3 is 2.57 bits per heavy atom. The van der Waals surface area contributed by atoms with Crippen LogP contribution in [-0.4, -0.2) is 11.0 Å². The minimum Gasteiger partial charge on any atom is -0.266 e. The first-order chi connectivity index (χ1) is 6.75. The number of amides is 1. The average Bonchev–Trinajstić information content (AvgIpc) is 2.47. The Bertz CT molecular complexity index is 420. The maximum absolute atomic E-state index is 11.3. The predicted molar refractivity (Wildman–Crippen MR) is 60.1 cm³/mol. The average molecular weight is 203 g/mol. The zero-order chi connectivity index (χ0) is 9.97. The molecule has 0 saturated carbocycles. The van der Waals surface area contributed by atoms with Crippen LogP contribution in [0.5, 0.6) is 0 Å². The van der Waals surface area contributed by atoms with Crippen molar-refractivity contribution in [2.45, 2.75) is 6.92 Å². The number of aliphatic imine (C=N–C) groups is 1. The van der Waals surface area contributed by atoms with Crippen molar-refractivity contribution in [3.05, 3.63) is 40.8 Å². The van der Waals surface area contributed by atoms with Gasteiger partial charge >= 0.3 is 0 Å². The van der Waals surface area contributed by atoms with Crippen molar-refractivity contribution >= 4 is 28.8 Å². The second kappa shape index (κ2) is 3.80. The van der Waals surface area contributed by atoms with E-state index in [0.29, 0.717) is 4.91 Å². The third kappa shape index (κ3) is 1.93. The zero-order valence-electron chi connectivity index (χ0n) is 7.73. The van der Waals surface area contributed by atoms with Crippen molar-refractivity contribution in [2.75, 3.05) is 0 Å². The first-order valence-electron chi connectivity index (χ1n) is 4.30.